The van der Waals surface area contributed by atoms with Crippen LogP contribution in [-0.2, 0) is 16.0 Å². The molecule has 2 amide bonds. The number of pyridine rings is 1. The summed E-state index contributed by atoms with van der Waals surface area (Å²) in [6.45, 7) is 9.11. The number of carbonyl (C=O) groups excluding carboxylic acids is 1. The molecule has 11 heteroatoms. The predicted molar refractivity (Wildman–Crippen MR) is 172 cm³/mol. The summed E-state index contributed by atoms with van der Waals surface area (Å²) in [5, 5.41) is 9.98. The first-order valence-corrected chi connectivity index (χ1v) is 16.0. The third-order valence-corrected chi connectivity index (χ3v) is 9.42. The van der Waals surface area contributed by atoms with Crippen molar-refractivity contribution in [3.8, 4) is 5.88 Å². The lowest BCUT2D eigenvalue weighted by Crippen LogP contribution is -2.65. The van der Waals surface area contributed by atoms with E-state index in [0.717, 1.165) is 16.7 Å². The summed E-state index contributed by atoms with van der Waals surface area (Å²) < 4.78 is 25.4. The summed E-state index contributed by atoms with van der Waals surface area (Å²) in [5.74, 6) is -0.0133. The second-order valence-electron chi connectivity index (χ2n) is 12.8. The molecule has 3 aliphatic heterocycles. The van der Waals surface area contributed by atoms with Crippen molar-refractivity contribution in [2.24, 2.45) is 0 Å². The molecule has 3 aliphatic rings. The number of halogens is 1. The highest BCUT2D eigenvalue weighted by molar-refractivity contribution is 5.97. The van der Waals surface area contributed by atoms with Crippen molar-refractivity contribution < 1.29 is 28.6 Å². The molecule has 0 saturated carbocycles. The van der Waals surface area contributed by atoms with Gasteiger partial charge < -0.3 is 19.5 Å². The molecule has 2 fully saturated rings. The number of rotatable bonds is 7. The van der Waals surface area contributed by atoms with Gasteiger partial charge in [-0.15, -0.1) is 0 Å². The maximum atomic E-state index is 14.6. The number of amides is 2. The summed E-state index contributed by atoms with van der Waals surface area (Å²) in [4.78, 5) is 39.2. The van der Waals surface area contributed by atoms with Crippen molar-refractivity contribution in [1.82, 2.24) is 19.7 Å². The van der Waals surface area contributed by atoms with E-state index < -0.39 is 6.09 Å². The van der Waals surface area contributed by atoms with Gasteiger partial charge in [-0.1, -0.05) is 42.5 Å². The number of aromatic nitrogens is 1. The van der Waals surface area contributed by atoms with E-state index in [-0.39, 0.29) is 55.1 Å². The van der Waals surface area contributed by atoms with Gasteiger partial charge in [0.25, 0.3) is 0 Å². The molecule has 0 spiro atoms. The highest BCUT2D eigenvalue weighted by atomic mass is 19.1. The van der Waals surface area contributed by atoms with Crippen molar-refractivity contribution in [2.75, 3.05) is 50.9 Å². The van der Waals surface area contributed by atoms with E-state index in [1.807, 2.05) is 43.3 Å². The van der Waals surface area contributed by atoms with Gasteiger partial charge in [0.15, 0.2) is 0 Å². The van der Waals surface area contributed by atoms with Crippen LogP contribution in [0.15, 0.2) is 66.9 Å². The van der Waals surface area contributed by atoms with Crippen LogP contribution in [0.3, 0.4) is 0 Å². The van der Waals surface area contributed by atoms with Crippen LogP contribution in [0.4, 0.5) is 14.9 Å². The number of nitrogens with zero attached hydrogens (tertiary/aromatic N) is 5. The van der Waals surface area contributed by atoms with Crippen LogP contribution >= 0.6 is 0 Å². The third kappa shape index (κ3) is 6.86. The van der Waals surface area contributed by atoms with Gasteiger partial charge >= 0.3 is 6.09 Å². The molecule has 6 rings (SSSR count). The normalized spacial score (nSPS) is 25.5. The van der Waals surface area contributed by atoms with Crippen LogP contribution in [0, 0.1) is 5.82 Å². The van der Waals surface area contributed by atoms with E-state index in [4.69, 9.17) is 9.47 Å². The molecule has 1 aromatic heterocycles. The molecule has 0 radical (unpaired) electrons. The second kappa shape index (κ2) is 13.7. The largest absolute Gasteiger partial charge is 0.474 e. The minimum atomic E-state index is -0.947. The second-order valence-corrected chi connectivity index (χ2v) is 12.8. The monoisotopic (exact) mass is 631 g/mol. The Morgan fingerprint density at radius 3 is 2.35 bits per heavy atom. The number of hydrogen-bond acceptors (Lipinski definition) is 7. The summed E-state index contributed by atoms with van der Waals surface area (Å²) in [7, 11) is 0. The van der Waals surface area contributed by atoms with Gasteiger partial charge in [-0.05, 0) is 62.1 Å². The average molecular weight is 632 g/mol. The zero-order valence-corrected chi connectivity index (χ0v) is 26.6. The van der Waals surface area contributed by atoms with Crippen LogP contribution in [0.5, 0.6) is 5.88 Å². The van der Waals surface area contributed by atoms with Crippen LogP contribution in [0.25, 0.3) is 0 Å². The van der Waals surface area contributed by atoms with Crippen LogP contribution in [-0.4, -0.2) is 107 Å². The number of morpholine rings is 1. The lowest BCUT2D eigenvalue weighted by Gasteiger charge is -2.48. The van der Waals surface area contributed by atoms with Gasteiger partial charge in [0, 0.05) is 50.0 Å². The molecule has 1 N–H and O–H groups in total. The van der Waals surface area contributed by atoms with Crippen molar-refractivity contribution in [1.29, 1.82) is 0 Å². The van der Waals surface area contributed by atoms with Gasteiger partial charge in [0.05, 0.1) is 25.8 Å². The van der Waals surface area contributed by atoms with Crippen molar-refractivity contribution >= 4 is 17.7 Å². The van der Waals surface area contributed by atoms with Crippen molar-refractivity contribution in [3.63, 3.8) is 0 Å². The average Bonchev–Trinajstić information content (AvgIpc) is 3.04. The fraction of sp³-hybridized carbons (Fsp3) is 0.457. The van der Waals surface area contributed by atoms with Crippen LogP contribution in [0.2, 0.25) is 0 Å². The fourth-order valence-electron chi connectivity index (χ4n) is 6.96. The summed E-state index contributed by atoms with van der Waals surface area (Å²) in [6.07, 6.45) is 1.31. The van der Waals surface area contributed by atoms with Crippen molar-refractivity contribution in [2.45, 2.75) is 57.4 Å². The molecule has 0 unspecified atom stereocenters. The number of benzene rings is 2. The van der Waals surface area contributed by atoms with E-state index in [0.29, 0.717) is 50.8 Å². The Hall–Kier alpha value is -4.06. The zero-order chi connectivity index (χ0) is 32.4. The lowest BCUT2D eigenvalue weighted by molar-refractivity contribution is -0.123. The Bertz CT molecular complexity index is 1520. The van der Waals surface area contributed by atoms with Gasteiger partial charge in [0.2, 0.25) is 11.8 Å². The summed E-state index contributed by atoms with van der Waals surface area (Å²) in [6, 6.07) is 17.7. The third-order valence-electron chi connectivity index (χ3n) is 9.42. The molecule has 2 aromatic carbocycles. The first kappa shape index (κ1) is 31.9. The SMILES string of the molecule is C[C@@H]1CN(CC(=O)N2c3cc(Cc4ccc(F)cc4)cnc3OC[C@@H]2c2ccccc2)[C@@H](CN2[C@H](C)COC[C@H]2C)CN1C(=O)O. The van der Waals surface area contributed by atoms with E-state index >= 15 is 0 Å². The number of fused-ring (bicyclic) bond motifs is 1. The number of anilines is 1. The highest BCUT2D eigenvalue weighted by Gasteiger charge is 2.41. The van der Waals surface area contributed by atoms with Crippen LogP contribution < -0.4 is 9.64 Å². The number of piperazine rings is 1. The fourth-order valence-corrected chi connectivity index (χ4v) is 6.96. The molecule has 244 valence electrons. The quantitative estimate of drug-likeness (QED) is 0.409. The summed E-state index contributed by atoms with van der Waals surface area (Å²) >= 11 is 0. The molecule has 3 aromatic rings. The Balaban J connectivity index is 1.31. The van der Waals surface area contributed by atoms with E-state index in [1.54, 1.807) is 23.2 Å². The predicted octanol–water partition coefficient (Wildman–Crippen LogP) is 4.44. The standard InChI is InChI=1S/C35H42FN5O5/c1-23-16-38(30(18-40(23)35(43)44)17-39-24(2)20-45-21-25(39)3)19-33(42)41-31-14-27(13-26-9-11-29(36)12-10-26)15-37-34(31)46-22-32(41)28-7-5-4-6-8-28/h4-12,14-15,23-25,30,32H,13,16-22H2,1-3H3,(H,43,44)/t23-,24-,25-,30+,32-/m1/s1. The number of ether oxygens (including phenoxy) is 2. The van der Waals surface area contributed by atoms with Gasteiger partial charge in [0.1, 0.15) is 18.1 Å². The molecule has 4 heterocycles. The molecule has 46 heavy (non-hydrogen) atoms. The van der Waals surface area contributed by atoms with E-state index in [1.165, 1.54) is 17.0 Å². The number of hydrogen-bond donors (Lipinski definition) is 1. The van der Waals surface area contributed by atoms with E-state index in [2.05, 4.69) is 28.6 Å². The first-order valence-electron chi connectivity index (χ1n) is 16.0. The topological polar surface area (TPSA) is 98.7 Å². The lowest BCUT2D eigenvalue weighted by atomic mass is 10.0. The van der Waals surface area contributed by atoms with Gasteiger partial charge in [-0.2, -0.15) is 0 Å². The maximum Gasteiger partial charge on any atom is 0.407 e. The van der Waals surface area contributed by atoms with Crippen LogP contribution in [0.1, 0.15) is 43.5 Å². The molecule has 2 saturated heterocycles. The number of carboxylic acid groups (broad SMARTS) is 1. The van der Waals surface area contributed by atoms with Gasteiger partial charge in [-0.3, -0.25) is 19.5 Å². The Morgan fingerprint density at radius 1 is 0.935 bits per heavy atom. The molecule has 5 atom stereocenters. The first-order chi connectivity index (χ1) is 22.2. The minimum absolute atomic E-state index is 0.108. The minimum Gasteiger partial charge on any atom is -0.474 e. The molecule has 0 aliphatic carbocycles. The highest BCUT2D eigenvalue weighted by Crippen LogP contribution is 2.39. The number of carbonyl (C=O) groups is 2. The van der Waals surface area contributed by atoms with Gasteiger partial charge in [-0.25, -0.2) is 14.2 Å². The molecule has 10 nitrogen and oxygen atoms in total. The van der Waals surface area contributed by atoms with E-state index in [9.17, 15) is 19.1 Å². The molecule has 0 bridgehead atoms. The summed E-state index contributed by atoms with van der Waals surface area (Å²) in [5.41, 5.74) is 3.34. The smallest absolute Gasteiger partial charge is 0.407 e. The molecular formula is C35H42FN5O5. The zero-order valence-electron chi connectivity index (χ0n) is 26.6. The Kier molecular flexibility index (Phi) is 9.53. The Labute approximate surface area is 269 Å². The maximum absolute atomic E-state index is 14.6. The molecular weight excluding hydrogens is 589 g/mol. The Morgan fingerprint density at radius 2 is 1.65 bits per heavy atom. The van der Waals surface area contributed by atoms with Crippen molar-refractivity contribution in [3.05, 3.63) is 89.4 Å².